The van der Waals surface area contributed by atoms with Gasteiger partial charge in [-0.2, -0.15) is 0 Å². The molecule has 1 spiro atoms. The molecule has 3 N–H and O–H groups in total. The number of benzene rings is 2. The van der Waals surface area contributed by atoms with Gasteiger partial charge in [-0.15, -0.1) is 0 Å². The van der Waals surface area contributed by atoms with E-state index in [1.54, 1.807) is 12.1 Å². The van der Waals surface area contributed by atoms with Crippen LogP contribution in [0.25, 0.3) is 0 Å². The minimum atomic E-state index is -2.98. The van der Waals surface area contributed by atoms with Gasteiger partial charge in [-0.1, -0.05) is 36.7 Å². The Morgan fingerprint density at radius 1 is 1.21 bits per heavy atom. The molecule has 1 fully saturated rings. The number of carbonyl (C=O) groups excluding carboxylic acids is 1. The summed E-state index contributed by atoms with van der Waals surface area (Å²) in [7, 11) is -2.98. The lowest BCUT2D eigenvalue weighted by molar-refractivity contribution is -0.0770. The maximum Gasteiger partial charge on any atom is 0.262 e. The fourth-order valence-electron chi connectivity index (χ4n) is 7.64. The third kappa shape index (κ3) is 5.60. The molecule has 2 aromatic carbocycles. The second-order valence-corrected chi connectivity index (χ2v) is 16.2. The Balaban J connectivity index is 1.45. The summed E-state index contributed by atoms with van der Waals surface area (Å²) in [5.41, 5.74) is 2.09. The quantitative estimate of drug-likeness (QED) is 0.307. The summed E-state index contributed by atoms with van der Waals surface area (Å²) in [5.74, 6) is 4.16. The minimum Gasteiger partial charge on any atom is -0.490 e. The van der Waals surface area contributed by atoms with Crippen molar-refractivity contribution in [2.45, 2.75) is 68.6 Å². The molecule has 0 radical (unpaired) electrons. The van der Waals surface area contributed by atoms with Crippen LogP contribution in [0.1, 0.15) is 67.4 Å². The van der Waals surface area contributed by atoms with E-state index in [0.717, 1.165) is 42.8 Å². The van der Waals surface area contributed by atoms with Gasteiger partial charge in [0.05, 0.1) is 28.6 Å². The van der Waals surface area contributed by atoms with E-state index in [1.165, 1.54) is 11.1 Å². The zero-order valence-electron chi connectivity index (χ0n) is 25.1. The summed E-state index contributed by atoms with van der Waals surface area (Å²) >= 11 is 6.40. The van der Waals surface area contributed by atoms with E-state index in [2.05, 4.69) is 27.6 Å². The fourth-order valence-corrected chi connectivity index (χ4v) is 9.31. The third-order valence-electron chi connectivity index (χ3n) is 10.6. The summed E-state index contributed by atoms with van der Waals surface area (Å²) in [6.07, 6.45) is 8.85. The molecule has 43 heavy (non-hydrogen) atoms. The number of hydrogen-bond acceptors (Lipinski definition) is 6. The zero-order chi connectivity index (χ0) is 30.6. The third-order valence-corrected chi connectivity index (χ3v) is 13.1. The topological polar surface area (TPSA) is 99.1 Å². The van der Waals surface area contributed by atoms with Gasteiger partial charge in [0.15, 0.2) is 0 Å². The molecule has 2 aliphatic heterocycles. The van der Waals surface area contributed by atoms with Gasteiger partial charge in [0.25, 0.3) is 5.91 Å². The predicted molar refractivity (Wildman–Crippen MR) is 174 cm³/mol. The number of hydrogen-bond donors (Lipinski definition) is 3. The average Bonchev–Trinajstić information content (AvgIpc) is 3.11. The second-order valence-electron chi connectivity index (χ2n) is 13.4. The van der Waals surface area contributed by atoms with Gasteiger partial charge in [-0.3, -0.25) is 9.52 Å². The summed E-state index contributed by atoms with van der Waals surface area (Å²) in [6, 6.07) is 11.6. The molecule has 0 aromatic heterocycles. The molecule has 1 saturated carbocycles. The first-order chi connectivity index (χ1) is 20.4. The Morgan fingerprint density at radius 2 is 2.02 bits per heavy atom. The van der Waals surface area contributed by atoms with Crippen molar-refractivity contribution in [2.75, 3.05) is 31.2 Å². The van der Waals surface area contributed by atoms with Crippen molar-refractivity contribution in [3.63, 3.8) is 0 Å². The maximum absolute atomic E-state index is 13.6. The summed E-state index contributed by atoms with van der Waals surface area (Å²) in [4.78, 5) is 15.8. The predicted octanol–water partition coefficient (Wildman–Crippen LogP) is 4.91. The van der Waals surface area contributed by atoms with Crippen molar-refractivity contribution in [2.24, 2.45) is 17.8 Å². The van der Waals surface area contributed by atoms with Crippen molar-refractivity contribution >= 4 is 38.8 Å². The number of aliphatic hydroxyl groups excluding tert-OH is 1. The molecule has 6 rings (SSSR count). The van der Waals surface area contributed by atoms with E-state index in [1.807, 2.05) is 38.1 Å². The van der Waals surface area contributed by atoms with E-state index in [-0.39, 0.29) is 29.8 Å². The smallest absolute Gasteiger partial charge is 0.262 e. The number of amides is 1. The highest BCUT2D eigenvalue weighted by molar-refractivity contribution is 7.99. The molecule has 232 valence electrons. The van der Waals surface area contributed by atoms with Crippen LogP contribution in [0.5, 0.6) is 5.75 Å². The molecule has 4 aliphatic rings. The van der Waals surface area contributed by atoms with Gasteiger partial charge >= 0.3 is 0 Å². The van der Waals surface area contributed by atoms with Crippen molar-refractivity contribution in [3.8, 4) is 5.75 Å². The molecule has 1 amide bonds. The van der Waals surface area contributed by atoms with Crippen LogP contribution in [0.2, 0.25) is 5.02 Å². The highest BCUT2D eigenvalue weighted by Crippen LogP contribution is 2.48. The van der Waals surface area contributed by atoms with Gasteiger partial charge in [0.2, 0.25) is 0 Å². The first-order valence-corrected chi connectivity index (χ1v) is 17.6. The molecule has 1 unspecified atom stereocenters. The number of allylic oxidation sites excluding steroid dienone is 1. The van der Waals surface area contributed by atoms with Crippen LogP contribution in [0, 0.1) is 17.8 Å². The number of halogens is 1. The van der Waals surface area contributed by atoms with Gasteiger partial charge in [0.1, 0.15) is 11.4 Å². The SMILES string of the molecule is C=S1(=O)NC(=O)c2ccc3c(c2)N(C[C@@H]2CC[C@H]2[C@@](O)(CO)/C=C/C[C@H](C)[C@H]1C)C[C@@]1(CCCc2cc(Cl)ccc21)CO3. The monoisotopic (exact) mass is 626 g/mol. The number of anilines is 1. The summed E-state index contributed by atoms with van der Waals surface area (Å²) in [5, 5.41) is 22.4. The number of carbonyl (C=O) groups is 1. The Hall–Kier alpha value is -2.52. The molecule has 2 heterocycles. The number of aryl methyl sites for hydroxylation is 1. The van der Waals surface area contributed by atoms with E-state index < -0.39 is 26.5 Å². The molecule has 9 heteroatoms. The molecule has 0 saturated heterocycles. The van der Waals surface area contributed by atoms with E-state index in [4.69, 9.17) is 16.3 Å². The zero-order valence-corrected chi connectivity index (χ0v) is 26.6. The largest absolute Gasteiger partial charge is 0.490 e. The van der Waals surface area contributed by atoms with Crippen LogP contribution in [0.4, 0.5) is 5.69 Å². The van der Waals surface area contributed by atoms with Gasteiger partial charge < -0.3 is 19.8 Å². The molecular formula is C34H43ClN2O5S. The van der Waals surface area contributed by atoms with Crippen LogP contribution < -0.4 is 14.4 Å². The number of fused-ring (bicyclic) bond motifs is 4. The molecule has 7 atom stereocenters. The number of nitrogens with zero attached hydrogens (tertiary/aromatic N) is 1. The van der Waals surface area contributed by atoms with E-state index >= 15 is 0 Å². The Labute approximate surface area is 260 Å². The van der Waals surface area contributed by atoms with Crippen LogP contribution in [0.3, 0.4) is 0 Å². The Morgan fingerprint density at radius 3 is 2.77 bits per heavy atom. The Bertz CT molecular complexity index is 1540. The van der Waals surface area contributed by atoms with Gasteiger partial charge in [-0.25, -0.2) is 4.21 Å². The van der Waals surface area contributed by atoms with Crippen molar-refractivity contribution in [1.82, 2.24) is 4.72 Å². The maximum atomic E-state index is 13.6. The van der Waals surface area contributed by atoms with Crippen LogP contribution in [0.15, 0.2) is 48.6 Å². The number of aliphatic hydroxyl groups is 2. The lowest BCUT2D eigenvalue weighted by atomic mass is 9.64. The second kappa shape index (κ2) is 11.4. The number of rotatable bonds is 1. The first-order valence-electron chi connectivity index (χ1n) is 15.4. The highest BCUT2D eigenvalue weighted by atomic mass is 35.5. The molecule has 2 aliphatic carbocycles. The van der Waals surface area contributed by atoms with Crippen LogP contribution in [-0.4, -0.2) is 63.4 Å². The normalized spacial score (nSPS) is 36.8. The fraction of sp³-hybridized carbons (Fsp3) is 0.529. The lowest BCUT2D eigenvalue weighted by Crippen LogP contribution is -2.53. The van der Waals surface area contributed by atoms with Crippen molar-refractivity contribution < 1.29 is 24.0 Å². The average molecular weight is 627 g/mol. The number of ether oxygens (including phenoxy) is 1. The molecule has 2 bridgehead atoms. The van der Waals surface area contributed by atoms with E-state index in [9.17, 15) is 19.2 Å². The summed E-state index contributed by atoms with van der Waals surface area (Å²) in [6.45, 7) is 5.25. The van der Waals surface area contributed by atoms with Gasteiger partial charge in [0, 0.05) is 34.3 Å². The van der Waals surface area contributed by atoms with Crippen LogP contribution >= 0.6 is 11.6 Å². The molecule has 7 nitrogen and oxygen atoms in total. The lowest BCUT2D eigenvalue weighted by Gasteiger charge is -2.48. The van der Waals surface area contributed by atoms with Gasteiger partial charge in [-0.05, 0) is 111 Å². The van der Waals surface area contributed by atoms with E-state index in [0.29, 0.717) is 37.4 Å². The van der Waals surface area contributed by atoms with Crippen LogP contribution in [-0.2, 0) is 21.5 Å². The first kappa shape index (κ1) is 30.5. The van der Waals surface area contributed by atoms with Crippen molar-refractivity contribution in [3.05, 3.63) is 70.3 Å². The molecule has 2 aromatic rings. The summed E-state index contributed by atoms with van der Waals surface area (Å²) < 4.78 is 23.0. The highest BCUT2D eigenvalue weighted by Gasteiger charge is 2.48. The van der Waals surface area contributed by atoms with Crippen molar-refractivity contribution in [1.29, 1.82) is 0 Å². The molecular weight excluding hydrogens is 584 g/mol. The number of nitrogens with one attached hydrogen (secondary N) is 1. The standard InChI is InChI=1S/C34H43ClN2O5S/c1-22-6-4-15-34(40,20-38)29-11-8-26(29)18-37-19-33(14-5-7-24-16-27(35)10-12-28(24)33)21-42-31-13-9-25(17-30(31)37)32(39)36-43(3,41)23(22)2/h4,9-10,12-13,15-17,22-23,26,29,38,40H,3,5-8,11,14,18-21H2,1-2H3,(H,36,39,41)/b15-4+/t22-,23+,26-,29+,33-,34-,43?/m0/s1. The Kier molecular flexibility index (Phi) is 8.12. The minimum absolute atomic E-state index is 0.0741.